The lowest BCUT2D eigenvalue weighted by Crippen LogP contribution is -2.05. The van der Waals surface area contributed by atoms with Crippen molar-refractivity contribution in [3.05, 3.63) is 63.7 Å². The number of nitrogens with zero attached hydrogens (tertiary/aromatic N) is 1. The van der Waals surface area contributed by atoms with E-state index in [1.807, 2.05) is 44.2 Å². The summed E-state index contributed by atoms with van der Waals surface area (Å²) in [6, 6.07) is 13.2. The molecule has 0 aliphatic heterocycles. The van der Waals surface area contributed by atoms with Gasteiger partial charge in [-0.05, 0) is 54.8 Å². The van der Waals surface area contributed by atoms with E-state index in [-0.39, 0.29) is 6.04 Å². The maximum Gasteiger partial charge on any atom is 0.138 e. The van der Waals surface area contributed by atoms with Gasteiger partial charge in [0.05, 0.1) is 16.7 Å². The van der Waals surface area contributed by atoms with Crippen LogP contribution in [0.2, 0.25) is 5.02 Å². The fourth-order valence-electron chi connectivity index (χ4n) is 2.00. The molecule has 2 aromatic rings. The van der Waals surface area contributed by atoms with E-state index in [0.717, 1.165) is 16.7 Å². The van der Waals surface area contributed by atoms with Gasteiger partial charge in [0.25, 0.3) is 0 Å². The summed E-state index contributed by atoms with van der Waals surface area (Å²) < 4.78 is 5.76. The van der Waals surface area contributed by atoms with Crippen LogP contribution in [0.5, 0.6) is 5.75 Å². The van der Waals surface area contributed by atoms with Crippen LogP contribution in [0.25, 0.3) is 0 Å². The minimum Gasteiger partial charge on any atom is -0.487 e. The van der Waals surface area contributed by atoms with Crippen LogP contribution in [0.1, 0.15) is 35.2 Å². The van der Waals surface area contributed by atoms with Crippen molar-refractivity contribution >= 4 is 11.6 Å². The highest BCUT2D eigenvalue weighted by molar-refractivity contribution is 6.32. The van der Waals surface area contributed by atoms with Crippen molar-refractivity contribution in [3.63, 3.8) is 0 Å². The van der Waals surface area contributed by atoms with E-state index in [1.165, 1.54) is 0 Å². The van der Waals surface area contributed by atoms with Gasteiger partial charge in [-0.3, -0.25) is 0 Å². The highest BCUT2D eigenvalue weighted by Gasteiger charge is 2.07. The lowest BCUT2D eigenvalue weighted by atomic mass is 10.1. The first-order chi connectivity index (χ1) is 10.0. The Morgan fingerprint density at radius 1 is 1.29 bits per heavy atom. The Morgan fingerprint density at radius 2 is 2.05 bits per heavy atom. The molecular weight excluding hydrogens is 284 g/mol. The molecule has 0 spiro atoms. The lowest BCUT2D eigenvalue weighted by molar-refractivity contribution is 0.305. The minimum atomic E-state index is -0.0580. The Morgan fingerprint density at radius 3 is 2.62 bits per heavy atom. The molecule has 0 heterocycles. The Labute approximate surface area is 129 Å². The standard InChI is InChI=1S/C17H17ClN2O/c1-11-7-13(9-19)3-4-15(11)10-21-17-6-5-14(12(2)20)8-16(17)18/h3-8,12H,10,20H2,1-2H3. The van der Waals surface area contributed by atoms with Crippen molar-refractivity contribution in [3.8, 4) is 11.8 Å². The van der Waals surface area contributed by atoms with Crippen LogP contribution in [0.15, 0.2) is 36.4 Å². The highest BCUT2D eigenvalue weighted by atomic mass is 35.5. The van der Waals surface area contributed by atoms with Crippen molar-refractivity contribution in [2.75, 3.05) is 0 Å². The maximum atomic E-state index is 8.86. The summed E-state index contributed by atoms with van der Waals surface area (Å²) in [5.74, 6) is 0.629. The van der Waals surface area contributed by atoms with Crippen LogP contribution < -0.4 is 10.5 Å². The molecule has 2 rings (SSSR count). The molecule has 0 aromatic heterocycles. The molecule has 0 saturated carbocycles. The van der Waals surface area contributed by atoms with Crippen LogP contribution in [0.3, 0.4) is 0 Å². The van der Waals surface area contributed by atoms with Gasteiger partial charge in [0.1, 0.15) is 12.4 Å². The SMILES string of the molecule is Cc1cc(C#N)ccc1COc1ccc(C(C)N)cc1Cl. The molecule has 2 aromatic carbocycles. The third-order valence-corrected chi connectivity index (χ3v) is 3.63. The zero-order chi connectivity index (χ0) is 15.4. The fourth-order valence-corrected chi connectivity index (χ4v) is 2.24. The summed E-state index contributed by atoms with van der Waals surface area (Å²) in [6.45, 7) is 4.28. The number of aryl methyl sites for hydroxylation is 1. The quantitative estimate of drug-likeness (QED) is 0.924. The van der Waals surface area contributed by atoms with Crippen molar-refractivity contribution in [2.24, 2.45) is 5.73 Å². The van der Waals surface area contributed by atoms with Crippen LogP contribution in [-0.2, 0) is 6.61 Å². The third-order valence-electron chi connectivity index (χ3n) is 3.34. The lowest BCUT2D eigenvalue weighted by Gasteiger charge is -2.12. The van der Waals surface area contributed by atoms with Gasteiger partial charge in [-0.2, -0.15) is 5.26 Å². The van der Waals surface area contributed by atoms with Crippen molar-refractivity contribution < 1.29 is 4.74 Å². The molecule has 1 atom stereocenters. The molecule has 21 heavy (non-hydrogen) atoms. The van der Waals surface area contributed by atoms with Gasteiger partial charge < -0.3 is 10.5 Å². The molecule has 0 radical (unpaired) electrons. The van der Waals surface area contributed by atoms with E-state index in [0.29, 0.717) is 22.9 Å². The van der Waals surface area contributed by atoms with Gasteiger partial charge in [-0.15, -0.1) is 0 Å². The minimum absolute atomic E-state index is 0.0580. The molecule has 0 fully saturated rings. The summed E-state index contributed by atoms with van der Waals surface area (Å²) in [5.41, 5.74) is 9.50. The van der Waals surface area contributed by atoms with Gasteiger partial charge in [0.15, 0.2) is 0 Å². The predicted molar refractivity (Wildman–Crippen MR) is 84.3 cm³/mol. The number of hydrogen-bond acceptors (Lipinski definition) is 3. The summed E-state index contributed by atoms with van der Waals surface area (Å²) in [4.78, 5) is 0. The van der Waals surface area contributed by atoms with Crippen molar-refractivity contribution in [2.45, 2.75) is 26.5 Å². The van der Waals surface area contributed by atoms with Crippen molar-refractivity contribution in [1.82, 2.24) is 0 Å². The predicted octanol–water partition coefficient (Wildman–Crippen LogP) is 4.12. The van der Waals surface area contributed by atoms with Crippen LogP contribution in [0, 0.1) is 18.3 Å². The average Bonchev–Trinajstić information content (AvgIpc) is 2.46. The topological polar surface area (TPSA) is 59.0 Å². The van der Waals surface area contributed by atoms with Crippen LogP contribution >= 0.6 is 11.6 Å². The molecule has 0 aliphatic rings. The van der Waals surface area contributed by atoms with Crippen LogP contribution in [-0.4, -0.2) is 0 Å². The Kier molecular flexibility index (Phi) is 4.85. The first-order valence-electron chi connectivity index (χ1n) is 6.68. The van der Waals surface area contributed by atoms with E-state index in [2.05, 4.69) is 6.07 Å². The molecule has 108 valence electrons. The van der Waals surface area contributed by atoms with Gasteiger partial charge in [-0.25, -0.2) is 0 Å². The van der Waals surface area contributed by atoms with Gasteiger partial charge >= 0.3 is 0 Å². The second-order valence-corrected chi connectivity index (χ2v) is 5.43. The Bertz CT molecular complexity index is 690. The van der Waals surface area contributed by atoms with E-state index < -0.39 is 0 Å². The molecule has 0 amide bonds. The zero-order valence-electron chi connectivity index (χ0n) is 12.1. The average molecular weight is 301 g/mol. The van der Waals surface area contributed by atoms with E-state index in [1.54, 1.807) is 6.07 Å². The number of ether oxygens (including phenoxy) is 1. The molecule has 4 heteroatoms. The monoisotopic (exact) mass is 300 g/mol. The normalized spacial score (nSPS) is 11.8. The maximum absolute atomic E-state index is 8.86. The first-order valence-corrected chi connectivity index (χ1v) is 7.06. The molecule has 1 unspecified atom stereocenters. The molecule has 0 aliphatic carbocycles. The van der Waals surface area contributed by atoms with Gasteiger partial charge in [0, 0.05) is 6.04 Å². The Balaban J connectivity index is 2.12. The molecule has 0 saturated heterocycles. The summed E-state index contributed by atoms with van der Waals surface area (Å²) >= 11 is 6.20. The third kappa shape index (κ3) is 3.75. The van der Waals surface area contributed by atoms with E-state index >= 15 is 0 Å². The number of hydrogen-bond donors (Lipinski definition) is 1. The van der Waals surface area contributed by atoms with E-state index in [9.17, 15) is 0 Å². The molecule has 0 bridgehead atoms. The number of nitrogens with two attached hydrogens (primary N) is 1. The molecular formula is C17H17ClN2O. The zero-order valence-corrected chi connectivity index (χ0v) is 12.8. The Hall–Kier alpha value is -2.02. The first kappa shape index (κ1) is 15.4. The fraction of sp³-hybridized carbons (Fsp3) is 0.235. The second-order valence-electron chi connectivity index (χ2n) is 5.02. The number of rotatable bonds is 4. The van der Waals surface area contributed by atoms with Gasteiger partial charge in [0.2, 0.25) is 0 Å². The number of nitriles is 1. The largest absolute Gasteiger partial charge is 0.487 e. The summed E-state index contributed by atoms with van der Waals surface area (Å²) in [5, 5.41) is 9.41. The smallest absolute Gasteiger partial charge is 0.138 e. The summed E-state index contributed by atoms with van der Waals surface area (Å²) in [6.07, 6.45) is 0. The van der Waals surface area contributed by atoms with Crippen molar-refractivity contribution in [1.29, 1.82) is 5.26 Å². The highest BCUT2D eigenvalue weighted by Crippen LogP contribution is 2.28. The van der Waals surface area contributed by atoms with Gasteiger partial charge in [-0.1, -0.05) is 23.7 Å². The van der Waals surface area contributed by atoms with E-state index in [4.69, 9.17) is 27.3 Å². The molecule has 3 nitrogen and oxygen atoms in total. The molecule has 2 N–H and O–H groups in total. The summed E-state index contributed by atoms with van der Waals surface area (Å²) in [7, 11) is 0. The number of benzene rings is 2. The second kappa shape index (κ2) is 6.62. The number of halogens is 1. The van der Waals surface area contributed by atoms with Crippen LogP contribution in [0.4, 0.5) is 0 Å².